The van der Waals surface area contributed by atoms with Crippen molar-refractivity contribution in [2.75, 3.05) is 45.3 Å². The molecular weight excluding hydrogens is 408 g/mol. The summed E-state index contributed by atoms with van der Waals surface area (Å²) < 4.78 is 37.6. The second-order valence-corrected chi connectivity index (χ2v) is 8.80. The van der Waals surface area contributed by atoms with E-state index in [9.17, 15) is 13.2 Å². The number of carbonyl (C=O) groups is 1. The van der Waals surface area contributed by atoms with E-state index >= 15 is 0 Å². The third-order valence-electron chi connectivity index (χ3n) is 4.32. The molecule has 152 valence electrons. The number of hydrogen-bond acceptors (Lipinski definition) is 9. The average molecular weight is 428 g/mol. The molecule has 1 fully saturated rings. The highest BCUT2D eigenvalue weighted by Gasteiger charge is 2.30. The zero-order chi connectivity index (χ0) is 20.3. The molecule has 0 aliphatic carbocycles. The highest BCUT2D eigenvalue weighted by molar-refractivity contribution is 7.89. The van der Waals surface area contributed by atoms with E-state index in [0.29, 0.717) is 29.7 Å². The van der Waals surface area contributed by atoms with Gasteiger partial charge >= 0.3 is 0 Å². The summed E-state index contributed by atoms with van der Waals surface area (Å²) in [7, 11) is -0.744. The molecule has 1 amide bonds. The summed E-state index contributed by atoms with van der Waals surface area (Å²) in [5, 5.41) is 9.29. The van der Waals surface area contributed by atoms with E-state index in [-0.39, 0.29) is 22.9 Å². The SMILES string of the molecule is COc1ccc(S(=O)(=O)N2CCN(c3ncc(C(=O)NO)s3)CC2)cc1OC. The van der Waals surface area contributed by atoms with Crippen LogP contribution in [-0.2, 0) is 10.0 Å². The van der Waals surface area contributed by atoms with Crippen LogP contribution in [0.3, 0.4) is 0 Å². The fraction of sp³-hybridized carbons (Fsp3) is 0.375. The minimum atomic E-state index is -3.68. The Morgan fingerprint density at radius 2 is 1.86 bits per heavy atom. The van der Waals surface area contributed by atoms with Crippen LogP contribution < -0.4 is 19.9 Å². The maximum Gasteiger partial charge on any atom is 0.286 e. The maximum absolute atomic E-state index is 12.9. The first-order chi connectivity index (χ1) is 13.4. The van der Waals surface area contributed by atoms with Crippen LogP contribution in [0.15, 0.2) is 29.3 Å². The lowest BCUT2D eigenvalue weighted by Crippen LogP contribution is -2.48. The molecule has 3 rings (SSSR count). The molecule has 2 aromatic rings. The van der Waals surface area contributed by atoms with Crippen molar-refractivity contribution in [2.24, 2.45) is 0 Å². The molecule has 0 saturated carbocycles. The first-order valence-electron chi connectivity index (χ1n) is 8.28. The molecule has 1 aromatic carbocycles. The van der Waals surface area contributed by atoms with Crippen molar-refractivity contribution in [1.29, 1.82) is 0 Å². The highest BCUT2D eigenvalue weighted by atomic mass is 32.2. The summed E-state index contributed by atoms with van der Waals surface area (Å²) in [6.45, 7) is 1.41. The molecule has 0 unspecified atom stereocenters. The Balaban J connectivity index is 1.71. The van der Waals surface area contributed by atoms with E-state index in [1.165, 1.54) is 36.9 Å². The molecule has 1 saturated heterocycles. The molecule has 28 heavy (non-hydrogen) atoms. The Bertz CT molecular complexity index is 954. The number of amides is 1. The van der Waals surface area contributed by atoms with Crippen LogP contribution >= 0.6 is 11.3 Å². The third-order valence-corrected chi connectivity index (χ3v) is 7.27. The Morgan fingerprint density at radius 1 is 1.18 bits per heavy atom. The van der Waals surface area contributed by atoms with Gasteiger partial charge in [0.25, 0.3) is 5.91 Å². The number of benzene rings is 1. The quantitative estimate of drug-likeness (QED) is 0.512. The smallest absolute Gasteiger partial charge is 0.286 e. The molecular formula is C16H20N4O6S2. The van der Waals surface area contributed by atoms with Gasteiger partial charge in [0, 0.05) is 32.2 Å². The topological polar surface area (TPSA) is 121 Å². The van der Waals surface area contributed by atoms with Crippen molar-refractivity contribution in [3.8, 4) is 11.5 Å². The lowest BCUT2D eigenvalue weighted by molar-refractivity contribution is 0.0710. The van der Waals surface area contributed by atoms with Crippen LogP contribution in [0, 0.1) is 0 Å². The van der Waals surface area contributed by atoms with Crippen molar-refractivity contribution in [2.45, 2.75) is 4.90 Å². The molecule has 0 atom stereocenters. The summed E-state index contributed by atoms with van der Waals surface area (Å²) in [6.07, 6.45) is 1.37. The zero-order valence-electron chi connectivity index (χ0n) is 15.3. The van der Waals surface area contributed by atoms with Gasteiger partial charge in [-0.05, 0) is 12.1 Å². The number of ether oxygens (including phenoxy) is 2. The maximum atomic E-state index is 12.9. The number of thiazole rings is 1. The van der Waals surface area contributed by atoms with Gasteiger partial charge in [0.1, 0.15) is 4.88 Å². The number of hydroxylamine groups is 1. The van der Waals surface area contributed by atoms with Gasteiger partial charge in [-0.15, -0.1) is 0 Å². The van der Waals surface area contributed by atoms with Gasteiger partial charge in [0.15, 0.2) is 16.6 Å². The lowest BCUT2D eigenvalue weighted by Gasteiger charge is -2.33. The number of sulfonamides is 1. The monoisotopic (exact) mass is 428 g/mol. The molecule has 0 bridgehead atoms. The van der Waals surface area contributed by atoms with Crippen molar-refractivity contribution >= 4 is 32.4 Å². The molecule has 0 spiro atoms. The van der Waals surface area contributed by atoms with Crippen molar-refractivity contribution in [1.82, 2.24) is 14.8 Å². The van der Waals surface area contributed by atoms with Gasteiger partial charge in [-0.1, -0.05) is 11.3 Å². The van der Waals surface area contributed by atoms with E-state index < -0.39 is 15.9 Å². The summed E-state index contributed by atoms with van der Waals surface area (Å²) in [6, 6.07) is 4.50. The number of carbonyl (C=O) groups excluding carboxylic acids is 1. The van der Waals surface area contributed by atoms with Crippen LogP contribution in [0.25, 0.3) is 0 Å². The van der Waals surface area contributed by atoms with Gasteiger partial charge in [0.2, 0.25) is 10.0 Å². The predicted octanol–water partition coefficient (Wildman–Crippen LogP) is 0.790. The Morgan fingerprint density at radius 3 is 2.46 bits per heavy atom. The van der Waals surface area contributed by atoms with Gasteiger partial charge in [-0.3, -0.25) is 10.0 Å². The largest absolute Gasteiger partial charge is 0.493 e. The van der Waals surface area contributed by atoms with Crippen LogP contribution in [0.5, 0.6) is 11.5 Å². The third kappa shape index (κ3) is 3.90. The molecule has 12 heteroatoms. The number of hydrogen-bond donors (Lipinski definition) is 2. The van der Waals surface area contributed by atoms with Crippen molar-refractivity contribution in [3.05, 3.63) is 29.3 Å². The molecule has 1 aliphatic heterocycles. The van der Waals surface area contributed by atoms with E-state index in [1.54, 1.807) is 11.5 Å². The number of nitrogens with one attached hydrogen (secondary N) is 1. The van der Waals surface area contributed by atoms with Crippen molar-refractivity contribution in [3.63, 3.8) is 0 Å². The summed E-state index contributed by atoms with van der Waals surface area (Å²) in [5.74, 6) is 0.177. The van der Waals surface area contributed by atoms with Gasteiger partial charge in [-0.25, -0.2) is 18.9 Å². The Kier molecular flexibility index (Phi) is 6.03. The minimum absolute atomic E-state index is 0.134. The minimum Gasteiger partial charge on any atom is -0.493 e. The number of nitrogens with zero attached hydrogens (tertiary/aromatic N) is 3. The molecule has 0 radical (unpaired) electrons. The summed E-state index contributed by atoms with van der Waals surface area (Å²) >= 11 is 1.13. The predicted molar refractivity (Wildman–Crippen MR) is 102 cm³/mol. The second kappa shape index (κ2) is 8.31. The van der Waals surface area contributed by atoms with E-state index in [1.807, 2.05) is 4.90 Å². The van der Waals surface area contributed by atoms with Crippen LogP contribution in [0.2, 0.25) is 0 Å². The Labute approximate surface area is 166 Å². The summed E-state index contributed by atoms with van der Waals surface area (Å²) in [5.41, 5.74) is 1.57. The van der Waals surface area contributed by atoms with Crippen molar-refractivity contribution < 1.29 is 27.9 Å². The number of anilines is 1. The number of piperazine rings is 1. The zero-order valence-corrected chi connectivity index (χ0v) is 16.9. The molecule has 2 N–H and O–H groups in total. The number of rotatable bonds is 6. The van der Waals surface area contributed by atoms with Crippen LogP contribution in [-0.4, -0.2) is 69.2 Å². The first kappa shape index (κ1) is 20.3. The lowest BCUT2D eigenvalue weighted by atomic mass is 10.3. The highest BCUT2D eigenvalue weighted by Crippen LogP contribution is 2.31. The van der Waals surface area contributed by atoms with Crippen LogP contribution in [0.1, 0.15) is 9.67 Å². The van der Waals surface area contributed by atoms with E-state index in [0.717, 1.165) is 11.3 Å². The van der Waals surface area contributed by atoms with Gasteiger partial charge in [0.05, 0.1) is 25.3 Å². The van der Waals surface area contributed by atoms with E-state index in [2.05, 4.69) is 4.98 Å². The van der Waals surface area contributed by atoms with Gasteiger partial charge < -0.3 is 14.4 Å². The average Bonchev–Trinajstić information content (AvgIpc) is 3.23. The standard InChI is InChI=1S/C16H20N4O6S2/c1-25-12-4-3-11(9-13(12)26-2)28(23,24)20-7-5-19(6-8-20)16-17-10-14(27-16)15(21)18-22/h3-4,9-10,22H,5-8H2,1-2H3,(H,18,21). The normalized spacial score (nSPS) is 15.3. The fourth-order valence-corrected chi connectivity index (χ4v) is 5.11. The number of methoxy groups -OCH3 is 2. The van der Waals surface area contributed by atoms with Crippen LogP contribution in [0.4, 0.5) is 5.13 Å². The molecule has 2 heterocycles. The molecule has 1 aliphatic rings. The summed E-state index contributed by atoms with van der Waals surface area (Å²) in [4.78, 5) is 17.9. The van der Waals surface area contributed by atoms with Gasteiger partial charge in [-0.2, -0.15) is 4.31 Å². The fourth-order valence-electron chi connectivity index (χ4n) is 2.82. The second-order valence-electron chi connectivity index (χ2n) is 5.86. The molecule has 1 aromatic heterocycles. The molecule has 10 nitrogen and oxygen atoms in total. The Hall–Kier alpha value is -2.41. The first-order valence-corrected chi connectivity index (χ1v) is 10.5. The number of aromatic nitrogens is 1. The van der Waals surface area contributed by atoms with E-state index in [4.69, 9.17) is 14.7 Å².